The lowest BCUT2D eigenvalue weighted by Crippen LogP contribution is -2.49. The van der Waals surface area contributed by atoms with Gasteiger partial charge >= 0.3 is 5.97 Å². The van der Waals surface area contributed by atoms with Crippen molar-refractivity contribution in [2.24, 2.45) is 22.7 Å². The second-order valence-electron chi connectivity index (χ2n) is 8.23. The van der Waals surface area contributed by atoms with E-state index in [4.69, 9.17) is 4.74 Å². The summed E-state index contributed by atoms with van der Waals surface area (Å²) in [5.74, 6) is 0.713. The van der Waals surface area contributed by atoms with E-state index in [9.17, 15) is 4.79 Å². The maximum absolute atomic E-state index is 12.3. The molecule has 0 heterocycles. The summed E-state index contributed by atoms with van der Waals surface area (Å²) in [7, 11) is 1.49. The van der Waals surface area contributed by atoms with Crippen LogP contribution in [0.25, 0.3) is 0 Å². The zero-order chi connectivity index (χ0) is 17.3. The molecule has 2 aliphatic carbocycles. The molecule has 1 saturated carbocycles. The van der Waals surface area contributed by atoms with Crippen molar-refractivity contribution in [2.45, 2.75) is 59.8 Å². The van der Waals surface area contributed by atoms with Gasteiger partial charge in [-0.25, -0.2) is 4.79 Å². The Balaban J connectivity index is 2.44. The Bertz CT molecular complexity index is 538. The summed E-state index contributed by atoms with van der Waals surface area (Å²) in [5.41, 5.74) is 2.56. The van der Waals surface area contributed by atoms with E-state index in [0.717, 1.165) is 18.4 Å². The van der Waals surface area contributed by atoms with Crippen molar-refractivity contribution >= 4 is 5.97 Å². The standard InChI is InChI=1S/C21H32O2/c1-7-15(2)9-11-17-16(19(22)23-6)10-12-18-20(3,4)13-8-14-21(17,18)5/h7,9-10,17-18H,1,8,11-14H2,2-6H3/b15-9+/t17-,18-,21+/m0/s1. The molecule has 0 aliphatic heterocycles. The Morgan fingerprint density at radius 1 is 1.39 bits per heavy atom. The summed E-state index contributed by atoms with van der Waals surface area (Å²) in [5, 5.41) is 0. The second kappa shape index (κ2) is 6.67. The summed E-state index contributed by atoms with van der Waals surface area (Å²) >= 11 is 0. The van der Waals surface area contributed by atoms with Crippen molar-refractivity contribution in [3.05, 3.63) is 36.0 Å². The first-order valence-corrected chi connectivity index (χ1v) is 8.84. The van der Waals surface area contributed by atoms with Gasteiger partial charge in [-0.2, -0.15) is 0 Å². The highest BCUT2D eigenvalue weighted by atomic mass is 16.5. The van der Waals surface area contributed by atoms with Crippen LogP contribution in [0.1, 0.15) is 59.8 Å². The van der Waals surface area contributed by atoms with Gasteiger partial charge < -0.3 is 4.74 Å². The van der Waals surface area contributed by atoms with Crippen LogP contribution >= 0.6 is 0 Å². The van der Waals surface area contributed by atoms with Crippen molar-refractivity contribution in [1.29, 1.82) is 0 Å². The molecule has 2 rings (SSSR count). The molecule has 0 radical (unpaired) electrons. The van der Waals surface area contributed by atoms with Crippen molar-refractivity contribution in [2.75, 3.05) is 7.11 Å². The molecule has 0 spiro atoms. The van der Waals surface area contributed by atoms with E-state index in [1.165, 1.54) is 31.9 Å². The zero-order valence-electron chi connectivity index (χ0n) is 15.4. The minimum atomic E-state index is -0.150. The first-order valence-electron chi connectivity index (χ1n) is 8.84. The largest absolute Gasteiger partial charge is 0.466 e. The number of methoxy groups -OCH3 is 1. The molecule has 0 aromatic rings. The number of allylic oxidation sites excluding steroid dienone is 4. The van der Waals surface area contributed by atoms with Gasteiger partial charge in [0.25, 0.3) is 0 Å². The lowest BCUT2D eigenvalue weighted by Gasteiger charge is -2.56. The van der Waals surface area contributed by atoms with Crippen LogP contribution in [0.5, 0.6) is 0 Å². The average Bonchev–Trinajstić information content (AvgIpc) is 2.50. The van der Waals surface area contributed by atoms with Crippen molar-refractivity contribution in [3.8, 4) is 0 Å². The SMILES string of the molecule is C=C/C(C)=C/C[C@H]1C(C(=O)OC)=CC[C@H]2C(C)(C)CCC[C@]12C. The van der Waals surface area contributed by atoms with Gasteiger partial charge in [0.2, 0.25) is 0 Å². The molecular formula is C21H32O2. The fourth-order valence-electron chi connectivity index (χ4n) is 5.04. The third-order valence-corrected chi connectivity index (χ3v) is 6.44. The fraction of sp³-hybridized carbons (Fsp3) is 0.667. The normalized spacial score (nSPS) is 33.4. The van der Waals surface area contributed by atoms with Gasteiger partial charge in [-0.15, -0.1) is 0 Å². The predicted octanol–water partition coefficient (Wildman–Crippen LogP) is 5.46. The van der Waals surface area contributed by atoms with E-state index in [1.807, 2.05) is 6.08 Å². The second-order valence-corrected chi connectivity index (χ2v) is 8.23. The van der Waals surface area contributed by atoms with Crippen LogP contribution < -0.4 is 0 Å². The van der Waals surface area contributed by atoms with E-state index >= 15 is 0 Å². The Morgan fingerprint density at radius 3 is 2.70 bits per heavy atom. The topological polar surface area (TPSA) is 26.3 Å². The lowest BCUT2D eigenvalue weighted by atomic mass is 9.48. The average molecular weight is 316 g/mol. The Labute approximate surface area is 141 Å². The molecule has 0 bridgehead atoms. The van der Waals surface area contributed by atoms with Crippen LogP contribution in [0, 0.1) is 22.7 Å². The van der Waals surface area contributed by atoms with Crippen LogP contribution in [-0.2, 0) is 9.53 Å². The van der Waals surface area contributed by atoms with Gasteiger partial charge in [0.15, 0.2) is 0 Å². The van der Waals surface area contributed by atoms with Gasteiger partial charge in [0.1, 0.15) is 0 Å². The lowest BCUT2D eigenvalue weighted by molar-refractivity contribution is -0.139. The highest BCUT2D eigenvalue weighted by Crippen LogP contribution is 2.60. The number of hydrogen-bond acceptors (Lipinski definition) is 2. The van der Waals surface area contributed by atoms with Crippen LogP contribution in [-0.4, -0.2) is 13.1 Å². The zero-order valence-corrected chi connectivity index (χ0v) is 15.4. The van der Waals surface area contributed by atoms with E-state index in [1.54, 1.807) is 0 Å². The summed E-state index contributed by atoms with van der Waals surface area (Å²) in [4.78, 5) is 12.3. The molecule has 0 N–H and O–H groups in total. The quantitative estimate of drug-likeness (QED) is 0.508. The molecule has 23 heavy (non-hydrogen) atoms. The number of carbonyl (C=O) groups excluding carboxylic acids is 1. The summed E-state index contributed by atoms with van der Waals surface area (Å²) in [6.45, 7) is 13.1. The molecule has 3 atom stereocenters. The molecule has 0 saturated heterocycles. The van der Waals surface area contributed by atoms with Crippen molar-refractivity contribution in [3.63, 3.8) is 0 Å². The Kier molecular flexibility index (Phi) is 5.23. The molecule has 2 heteroatoms. The summed E-state index contributed by atoms with van der Waals surface area (Å²) in [6, 6.07) is 0. The molecule has 2 aliphatic rings. The van der Waals surface area contributed by atoms with Crippen molar-refractivity contribution < 1.29 is 9.53 Å². The van der Waals surface area contributed by atoms with E-state index in [-0.39, 0.29) is 17.3 Å². The number of rotatable bonds is 4. The minimum Gasteiger partial charge on any atom is -0.466 e. The minimum absolute atomic E-state index is 0.150. The maximum atomic E-state index is 12.3. The summed E-state index contributed by atoms with van der Waals surface area (Å²) < 4.78 is 5.08. The number of ether oxygens (including phenoxy) is 1. The van der Waals surface area contributed by atoms with Gasteiger partial charge in [0.05, 0.1) is 7.11 Å². The van der Waals surface area contributed by atoms with Gasteiger partial charge in [-0.1, -0.05) is 57.6 Å². The smallest absolute Gasteiger partial charge is 0.333 e. The first kappa shape index (κ1) is 18.0. The van der Waals surface area contributed by atoms with E-state index in [0.29, 0.717) is 11.3 Å². The fourth-order valence-corrected chi connectivity index (χ4v) is 5.04. The van der Waals surface area contributed by atoms with E-state index in [2.05, 4.69) is 46.4 Å². The highest BCUT2D eigenvalue weighted by Gasteiger charge is 2.53. The molecule has 0 aromatic heterocycles. The Morgan fingerprint density at radius 2 is 2.09 bits per heavy atom. The predicted molar refractivity (Wildman–Crippen MR) is 96.0 cm³/mol. The van der Waals surface area contributed by atoms with Crippen molar-refractivity contribution in [1.82, 2.24) is 0 Å². The van der Waals surface area contributed by atoms with Crippen LogP contribution in [0.2, 0.25) is 0 Å². The molecule has 0 amide bonds. The number of hydrogen-bond donors (Lipinski definition) is 0. The van der Waals surface area contributed by atoms with E-state index < -0.39 is 0 Å². The van der Waals surface area contributed by atoms with Crippen LogP contribution in [0.15, 0.2) is 36.0 Å². The molecule has 128 valence electrons. The Hall–Kier alpha value is -1.31. The first-order chi connectivity index (χ1) is 10.8. The van der Waals surface area contributed by atoms with Gasteiger partial charge in [-0.05, 0) is 55.3 Å². The number of fused-ring (bicyclic) bond motifs is 1. The third kappa shape index (κ3) is 3.32. The highest BCUT2D eigenvalue weighted by molar-refractivity contribution is 5.89. The van der Waals surface area contributed by atoms with Gasteiger partial charge in [-0.3, -0.25) is 0 Å². The molecule has 0 aromatic carbocycles. The summed E-state index contributed by atoms with van der Waals surface area (Å²) in [6.07, 6.45) is 11.9. The molecular weight excluding hydrogens is 284 g/mol. The molecule has 0 unspecified atom stereocenters. The monoisotopic (exact) mass is 316 g/mol. The van der Waals surface area contributed by atoms with Gasteiger partial charge in [0, 0.05) is 5.57 Å². The molecule has 1 fully saturated rings. The number of carbonyl (C=O) groups is 1. The maximum Gasteiger partial charge on any atom is 0.333 e. The molecule has 2 nitrogen and oxygen atoms in total. The van der Waals surface area contributed by atoms with Crippen LogP contribution in [0.3, 0.4) is 0 Å². The number of esters is 1. The third-order valence-electron chi connectivity index (χ3n) is 6.44. The van der Waals surface area contributed by atoms with Crippen LogP contribution in [0.4, 0.5) is 0 Å².